The lowest BCUT2D eigenvalue weighted by atomic mass is 9.88. The van der Waals surface area contributed by atoms with Crippen LogP contribution in [-0.4, -0.2) is 58.7 Å². The van der Waals surface area contributed by atoms with Crippen LogP contribution in [0.4, 0.5) is 5.95 Å². The zero-order valence-corrected chi connectivity index (χ0v) is 24.5. The van der Waals surface area contributed by atoms with Crippen LogP contribution < -0.4 is 10.5 Å². The van der Waals surface area contributed by atoms with Crippen molar-refractivity contribution in [1.29, 1.82) is 0 Å². The van der Waals surface area contributed by atoms with Crippen LogP contribution in [0, 0.1) is 11.8 Å². The number of nitrogens with one attached hydrogen (secondary N) is 1. The van der Waals surface area contributed by atoms with Crippen LogP contribution in [0.3, 0.4) is 0 Å². The highest BCUT2D eigenvalue weighted by Gasteiger charge is 2.32. The highest BCUT2D eigenvalue weighted by Crippen LogP contribution is 2.31. The molecule has 0 atom stereocenters. The molecule has 9 nitrogen and oxygen atoms in total. The molecule has 11 heteroatoms. The number of aryl methyl sites for hydroxylation is 2. The highest BCUT2D eigenvalue weighted by molar-refractivity contribution is 7.89. The maximum absolute atomic E-state index is 13.2. The van der Waals surface area contributed by atoms with Gasteiger partial charge in [-0.2, -0.15) is 9.40 Å². The quantitative estimate of drug-likeness (QED) is 0.395. The van der Waals surface area contributed by atoms with E-state index < -0.39 is 10.0 Å². The molecule has 3 aromatic rings. The number of sulfonamides is 1. The van der Waals surface area contributed by atoms with Gasteiger partial charge in [-0.3, -0.25) is 14.5 Å². The number of halogens is 1. The standard InChI is InChI=1S/C28H39ClN6O3S/c1-3-9-23-25-26(33(2)32-23)27(36)31-28(30-25)34(18-20-10-5-4-6-11-20)19-21-14-16-35(17-15-21)39(37,38)24-13-8-7-12-22(24)29/h7-8,12-13,20-21H,3-6,9-11,14-19H2,1-2H3,(H,30,31,36). The summed E-state index contributed by atoms with van der Waals surface area (Å²) < 4.78 is 29.7. The average molecular weight is 575 g/mol. The Morgan fingerprint density at radius 2 is 1.72 bits per heavy atom. The minimum absolute atomic E-state index is 0.165. The fourth-order valence-electron chi connectivity index (χ4n) is 6.16. The third-order valence-electron chi connectivity index (χ3n) is 8.25. The van der Waals surface area contributed by atoms with Crippen molar-refractivity contribution in [3.8, 4) is 0 Å². The molecule has 3 heterocycles. The molecule has 0 spiro atoms. The molecule has 2 aromatic heterocycles. The number of piperidine rings is 1. The minimum Gasteiger partial charge on any atom is -0.342 e. The van der Waals surface area contributed by atoms with E-state index in [4.69, 9.17) is 16.6 Å². The predicted molar refractivity (Wildman–Crippen MR) is 155 cm³/mol. The average Bonchev–Trinajstić information content (AvgIpc) is 3.25. The number of rotatable bonds is 9. The van der Waals surface area contributed by atoms with Gasteiger partial charge in [-0.25, -0.2) is 13.4 Å². The summed E-state index contributed by atoms with van der Waals surface area (Å²) in [7, 11) is -1.84. The molecule has 5 rings (SSSR count). The van der Waals surface area contributed by atoms with E-state index in [1.807, 2.05) is 0 Å². The van der Waals surface area contributed by atoms with Gasteiger partial charge in [0.05, 0.1) is 10.7 Å². The highest BCUT2D eigenvalue weighted by atomic mass is 35.5. The van der Waals surface area contributed by atoms with E-state index in [0.29, 0.717) is 36.0 Å². The van der Waals surface area contributed by atoms with Crippen molar-refractivity contribution < 1.29 is 8.42 Å². The Labute approximate surface area is 235 Å². The van der Waals surface area contributed by atoms with Crippen molar-refractivity contribution in [2.24, 2.45) is 18.9 Å². The second-order valence-electron chi connectivity index (χ2n) is 11.1. The molecule has 1 saturated carbocycles. The summed E-state index contributed by atoms with van der Waals surface area (Å²) in [6.07, 6.45) is 9.32. The third kappa shape index (κ3) is 6.02. The van der Waals surface area contributed by atoms with Crippen molar-refractivity contribution in [3.05, 3.63) is 45.3 Å². The first-order valence-electron chi connectivity index (χ1n) is 14.2. The molecule has 0 bridgehead atoms. The van der Waals surface area contributed by atoms with E-state index in [2.05, 4.69) is 21.9 Å². The van der Waals surface area contributed by atoms with Gasteiger partial charge >= 0.3 is 0 Å². The first kappa shape index (κ1) is 28.1. The summed E-state index contributed by atoms with van der Waals surface area (Å²) >= 11 is 6.22. The smallest absolute Gasteiger partial charge is 0.278 e. The SMILES string of the molecule is CCCc1nn(C)c2c(=O)[nH]c(N(CC3CCCCC3)CC3CCN(S(=O)(=O)c4ccccc4Cl)CC3)nc12. The molecule has 1 saturated heterocycles. The fraction of sp³-hybridized carbons (Fsp3) is 0.607. The molecule has 0 unspecified atom stereocenters. The first-order chi connectivity index (χ1) is 18.8. The lowest BCUT2D eigenvalue weighted by Crippen LogP contribution is -2.43. The number of fused-ring (bicyclic) bond motifs is 1. The Morgan fingerprint density at radius 1 is 1.05 bits per heavy atom. The Bertz CT molecular complexity index is 1460. The Kier molecular flexibility index (Phi) is 8.63. The van der Waals surface area contributed by atoms with Crippen LogP contribution in [0.2, 0.25) is 5.02 Å². The summed E-state index contributed by atoms with van der Waals surface area (Å²) in [5.74, 6) is 1.45. The number of nitrogens with zero attached hydrogens (tertiary/aromatic N) is 5. The monoisotopic (exact) mass is 574 g/mol. The molecule has 1 aromatic carbocycles. The molecule has 0 amide bonds. The van der Waals surface area contributed by atoms with Crippen molar-refractivity contribution in [3.63, 3.8) is 0 Å². The Balaban J connectivity index is 1.37. The van der Waals surface area contributed by atoms with Gasteiger partial charge in [0.2, 0.25) is 16.0 Å². The number of H-pyrrole nitrogens is 1. The van der Waals surface area contributed by atoms with Gasteiger partial charge in [0.1, 0.15) is 10.4 Å². The maximum Gasteiger partial charge on any atom is 0.278 e. The zero-order valence-electron chi connectivity index (χ0n) is 22.9. The number of aromatic amines is 1. The van der Waals surface area contributed by atoms with E-state index in [1.54, 1.807) is 40.3 Å². The topological polar surface area (TPSA) is 104 Å². The summed E-state index contributed by atoms with van der Waals surface area (Å²) in [5, 5.41) is 4.83. The van der Waals surface area contributed by atoms with E-state index in [0.717, 1.165) is 44.5 Å². The van der Waals surface area contributed by atoms with E-state index in [1.165, 1.54) is 32.1 Å². The molecule has 212 valence electrons. The number of aromatic nitrogens is 4. The Hall–Kier alpha value is -2.43. The lowest BCUT2D eigenvalue weighted by molar-refractivity contribution is 0.269. The van der Waals surface area contributed by atoms with Gasteiger partial charge in [-0.1, -0.05) is 56.3 Å². The number of benzene rings is 1. The van der Waals surface area contributed by atoms with Gasteiger partial charge in [-0.15, -0.1) is 0 Å². The van der Waals surface area contributed by atoms with Gasteiger partial charge in [0.25, 0.3) is 5.56 Å². The molecule has 1 N–H and O–H groups in total. The summed E-state index contributed by atoms with van der Waals surface area (Å²) in [6.45, 7) is 4.57. The largest absolute Gasteiger partial charge is 0.342 e. The maximum atomic E-state index is 13.2. The van der Waals surface area contributed by atoms with Crippen LogP contribution in [0.25, 0.3) is 11.0 Å². The molecule has 2 aliphatic rings. The van der Waals surface area contributed by atoms with Gasteiger partial charge in [0, 0.05) is 33.2 Å². The van der Waals surface area contributed by atoms with Gasteiger partial charge in [-0.05, 0) is 56.1 Å². The van der Waals surface area contributed by atoms with Crippen molar-refractivity contribution in [2.45, 2.75) is 69.6 Å². The van der Waals surface area contributed by atoms with Gasteiger partial charge in [0.15, 0.2) is 5.52 Å². The second kappa shape index (κ2) is 12.0. The van der Waals surface area contributed by atoms with Crippen molar-refractivity contribution in [1.82, 2.24) is 24.1 Å². The van der Waals surface area contributed by atoms with Crippen LogP contribution in [0.1, 0.15) is 64.0 Å². The van der Waals surface area contributed by atoms with Crippen LogP contribution in [0.5, 0.6) is 0 Å². The fourth-order valence-corrected chi connectivity index (χ4v) is 8.12. The van der Waals surface area contributed by atoms with Crippen LogP contribution in [-0.2, 0) is 23.5 Å². The zero-order chi connectivity index (χ0) is 27.6. The van der Waals surface area contributed by atoms with Crippen molar-refractivity contribution in [2.75, 3.05) is 31.1 Å². The molecule has 1 aliphatic heterocycles. The molecule has 2 fully saturated rings. The van der Waals surface area contributed by atoms with E-state index in [-0.39, 0.29) is 21.4 Å². The molecule has 0 radical (unpaired) electrons. The third-order valence-corrected chi connectivity index (χ3v) is 10.6. The molecular formula is C28H39ClN6O3S. The normalized spacial score (nSPS) is 18.1. The lowest BCUT2D eigenvalue weighted by Gasteiger charge is -2.36. The summed E-state index contributed by atoms with van der Waals surface area (Å²) in [5.41, 5.74) is 1.89. The van der Waals surface area contributed by atoms with Crippen molar-refractivity contribution >= 4 is 38.6 Å². The first-order valence-corrected chi connectivity index (χ1v) is 16.0. The Morgan fingerprint density at radius 3 is 2.38 bits per heavy atom. The van der Waals surface area contributed by atoms with E-state index in [9.17, 15) is 13.2 Å². The van der Waals surface area contributed by atoms with Crippen LogP contribution >= 0.6 is 11.6 Å². The number of hydrogen-bond donors (Lipinski definition) is 1. The number of anilines is 1. The minimum atomic E-state index is -3.64. The molecule has 39 heavy (non-hydrogen) atoms. The second-order valence-corrected chi connectivity index (χ2v) is 13.4. The van der Waals surface area contributed by atoms with Crippen LogP contribution in [0.15, 0.2) is 34.0 Å². The summed E-state index contributed by atoms with van der Waals surface area (Å²) in [4.78, 5) is 23.6. The number of hydrogen-bond acceptors (Lipinski definition) is 6. The summed E-state index contributed by atoms with van der Waals surface area (Å²) in [6, 6.07) is 6.62. The van der Waals surface area contributed by atoms with Gasteiger partial charge < -0.3 is 4.90 Å². The molecular weight excluding hydrogens is 536 g/mol. The predicted octanol–water partition coefficient (Wildman–Crippen LogP) is 4.75. The molecule has 1 aliphatic carbocycles. The van der Waals surface area contributed by atoms with E-state index >= 15 is 0 Å².